The summed E-state index contributed by atoms with van der Waals surface area (Å²) in [5.74, 6) is 0.0561. The molecule has 0 N–H and O–H groups in total. The highest BCUT2D eigenvalue weighted by molar-refractivity contribution is 5.76. The van der Waals surface area contributed by atoms with Crippen molar-refractivity contribution < 1.29 is 14.3 Å². The van der Waals surface area contributed by atoms with E-state index in [2.05, 4.69) is 16.9 Å². The molecule has 1 saturated heterocycles. The van der Waals surface area contributed by atoms with Crippen molar-refractivity contribution in [2.45, 2.75) is 25.5 Å². The van der Waals surface area contributed by atoms with Crippen LogP contribution in [0, 0.1) is 6.92 Å². The average Bonchev–Trinajstić information content (AvgIpc) is 2.79. The zero-order chi connectivity index (χ0) is 17.0. The van der Waals surface area contributed by atoms with Crippen LogP contribution in [0.3, 0.4) is 0 Å². The molecule has 1 atom stereocenters. The lowest BCUT2D eigenvalue weighted by molar-refractivity contribution is -0.160. The van der Waals surface area contributed by atoms with Gasteiger partial charge in [0, 0.05) is 47.9 Å². The third kappa shape index (κ3) is 4.31. The van der Waals surface area contributed by atoms with Gasteiger partial charge in [0.1, 0.15) is 5.60 Å². The molecular weight excluding hydrogens is 296 g/mol. The van der Waals surface area contributed by atoms with Crippen LogP contribution in [-0.2, 0) is 27.9 Å². The van der Waals surface area contributed by atoms with Gasteiger partial charge in [0.15, 0.2) is 0 Å². The van der Waals surface area contributed by atoms with Crippen LogP contribution in [0.15, 0.2) is 6.20 Å². The fourth-order valence-electron chi connectivity index (χ4n) is 3.01. The summed E-state index contributed by atoms with van der Waals surface area (Å²) in [5.41, 5.74) is 1.79. The Kier molecular flexibility index (Phi) is 5.78. The Morgan fingerprint density at radius 1 is 1.52 bits per heavy atom. The molecule has 7 nitrogen and oxygen atoms in total. The highest BCUT2D eigenvalue weighted by Crippen LogP contribution is 2.25. The summed E-state index contributed by atoms with van der Waals surface area (Å²) in [5, 5.41) is 4.30. The van der Waals surface area contributed by atoms with Gasteiger partial charge in [-0.3, -0.25) is 14.4 Å². The number of aromatic nitrogens is 2. The fourth-order valence-corrected chi connectivity index (χ4v) is 3.01. The third-order valence-electron chi connectivity index (χ3n) is 4.35. The first-order valence-electron chi connectivity index (χ1n) is 7.90. The predicted molar refractivity (Wildman–Crippen MR) is 87.1 cm³/mol. The molecule has 0 unspecified atom stereocenters. The van der Waals surface area contributed by atoms with Crippen LogP contribution in [0.5, 0.6) is 0 Å². The van der Waals surface area contributed by atoms with Gasteiger partial charge in [-0.25, -0.2) is 0 Å². The van der Waals surface area contributed by atoms with E-state index in [4.69, 9.17) is 9.47 Å². The molecular formula is C16H28N4O3. The second-order valence-corrected chi connectivity index (χ2v) is 6.54. The van der Waals surface area contributed by atoms with E-state index in [1.54, 1.807) is 26.1 Å². The molecule has 0 radical (unpaired) electrons. The zero-order valence-electron chi connectivity index (χ0n) is 14.8. The molecule has 2 heterocycles. The van der Waals surface area contributed by atoms with Crippen LogP contribution in [0.25, 0.3) is 0 Å². The van der Waals surface area contributed by atoms with Crippen LogP contribution >= 0.6 is 0 Å². The Bertz CT molecular complexity index is 520. The average molecular weight is 324 g/mol. The maximum absolute atomic E-state index is 12.2. The van der Waals surface area contributed by atoms with Crippen LogP contribution < -0.4 is 0 Å². The van der Waals surface area contributed by atoms with E-state index in [9.17, 15) is 4.79 Å². The summed E-state index contributed by atoms with van der Waals surface area (Å²) in [4.78, 5) is 16.1. The summed E-state index contributed by atoms with van der Waals surface area (Å²) in [6.07, 6.45) is 2.21. The molecule has 1 amide bonds. The molecule has 0 saturated carbocycles. The molecule has 1 aromatic rings. The van der Waals surface area contributed by atoms with E-state index < -0.39 is 5.60 Å². The maximum Gasteiger partial charge on any atom is 0.225 e. The molecule has 0 aliphatic carbocycles. The molecule has 23 heavy (non-hydrogen) atoms. The van der Waals surface area contributed by atoms with Crippen LogP contribution in [0.4, 0.5) is 0 Å². The monoisotopic (exact) mass is 324 g/mol. The van der Waals surface area contributed by atoms with Gasteiger partial charge in [0.25, 0.3) is 0 Å². The highest BCUT2D eigenvalue weighted by atomic mass is 16.5. The van der Waals surface area contributed by atoms with Crippen molar-refractivity contribution in [1.82, 2.24) is 19.6 Å². The van der Waals surface area contributed by atoms with E-state index in [1.165, 1.54) is 11.3 Å². The lowest BCUT2D eigenvalue weighted by Gasteiger charge is -2.42. The third-order valence-corrected chi connectivity index (χ3v) is 4.35. The van der Waals surface area contributed by atoms with E-state index in [-0.39, 0.29) is 5.91 Å². The highest BCUT2D eigenvalue weighted by Gasteiger charge is 2.39. The Labute approximate surface area is 138 Å². The van der Waals surface area contributed by atoms with E-state index >= 15 is 0 Å². The summed E-state index contributed by atoms with van der Waals surface area (Å²) >= 11 is 0. The molecule has 1 fully saturated rings. The number of morpholine rings is 1. The first-order chi connectivity index (χ1) is 10.9. The zero-order valence-corrected chi connectivity index (χ0v) is 14.8. The van der Waals surface area contributed by atoms with Gasteiger partial charge in [-0.05, 0) is 12.5 Å². The topological polar surface area (TPSA) is 59.8 Å². The van der Waals surface area contributed by atoms with Crippen LogP contribution in [0.1, 0.15) is 17.7 Å². The van der Waals surface area contributed by atoms with Crippen LogP contribution in [-0.4, -0.2) is 78.6 Å². The first-order valence-corrected chi connectivity index (χ1v) is 7.90. The minimum atomic E-state index is -0.582. The largest absolute Gasteiger partial charge is 0.382 e. The van der Waals surface area contributed by atoms with Crippen molar-refractivity contribution in [1.29, 1.82) is 0 Å². The molecule has 1 aliphatic heterocycles. The number of methoxy groups -OCH3 is 1. The molecule has 1 aliphatic rings. The molecule has 1 aromatic heterocycles. The number of carbonyl (C=O) groups is 1. The van der Waals surface area contributed by atoms with Gasteiger partial charge in [-0.1, -0.05) is 0 Å². The van der Waals surface area contributed by atoms with E-state index in [0.717, 1.165) is 13.1 Å². The first kappa shape index (κ1) is 17.9. The number of hydrogen-bond donors (Lipinski definition) is 0. The summed E-state index contributed by atoms with van der Waals surface area (Å²) in [6, 6.07) is 0. The number of rotatable bonds is 6. The number of carbonyl (C=O) groups excluding carboxylic acids is 1. The Balaban J connectivity index is 2.10. The molecule has 7 heteroatoms. The summed E-state index contributed by atoms with van der Waals surface area (Å²) in [6.45, 7) is 5.39. The van der Waals surface area contributed by atoms with Gasteiger partial charge in [0.05, 0.1) is 31.5 Å². The quantitative estimate of drug-likeness (QED) is 0.759. The molecule has 2 rings (SSSR count). The van der Waals surface area contributed by atoms with Gasteiger partial charge in [0.2, 0.25) is 5.91 Å². The van der Waals surface area contributed by atoms with Gasteiger partial charge >= 0.3 is 0 Å². The van der Waals surface area contributed by atoms with Crippen molar-refractivity contribution in [3.63, 3.8) is 0 Å². The Hall–Kier alpha value is -1.44. The number of amides is 1. The number of nitrogens with zero attached hydrogens (tertiary/aromatic N) is 4. The Morgan fingerprint density at radius 3 is 2.83 bits per heavy atom. The minimum Gasteiger partial charge on any atom is -0.382 e. The maximum atomic E-state index is 12.2. The second kappa shape index (κ2) is 7.42. The van der Waals surface area contributed by atoms with Crippen molar-refractivity contribution in [3.8, 4) is 0 Å². The van der Waals surface area contributed by atoms with Crippen molar-refractivity contribution in [2.75, 3.05) is 47.5 Å². The van der Waals surface area contributed by atoms with Crippen molar-refractivity contribution >= 4 is 5.91 Å². The Morgan fingerprint density at radius 2 is 2.26 bits per heavy atom. The standard InChI is InChI=1S/C16H28N4O3/c1-13-9-17-19(4)14(13)10-20-6-7-23-16(11-20,12-22-5)8-15(21)18(2)3/h9H,6-8,10-12H2,1-5H3/t16-/m0/s1. The lowest BCUT2D eigenvalue weighted by Crippen LogP contribution is -2.56. The second-order valence-electron chi connectivity index (χ2n) is 6.54. The van der Waals surface area contributed by atoms with Gasteiger partial charge in [-0.2, -0.15) is 5.10 Å². The number of aryl methyl sites for hydroxylation is 2. The normalized spacial score (nSPS) is 22.3. The number of ether oxygens (including phenoxy) is 2. The molecule has 0 aromatic carbocycles. The van der Waals surface area contributed by atoms with E-state index in [0.29, 0.717) is 26.2 Å². The number of hydrogen-bond acceptors (Lipinski definition) is 5. The molecule has 130 valence electrons. The van der Waals surface area contributed by atoms with Gasteiger partial charge in [-0.15, -0.1) is 0 Å². The smallest absolute Gasteiger partial charge is 0.225 e. The predicted octanol–water partition coefficient (Wildman–Crippen LogP) is 0.424. The SMILES string of the molecule is COC[C@]1(CC(=O)N(C)C)CN(Cc2c(C)cnn2C)CCO1. The summed E-state index contributed by atoms with van der Waals surface area (Å²) in [7, 11) is 7.14. The van der Waals surface area contributed by atoms with Crippen molar-refractivity contribution in [3.05, 3.63) is 17.5 Å². The van der Waals surface area contributed by atoms with E-state index in [1.807, 2.05) is 17.9 Å². The summed E-state index contributed by atoms with van der Waals surface area (Å²) < 4.78 is 13.3. The molecule has 0 bridgehead atoms. The lowest BCUT2D eigenvalue weighted by atomic mass is 9.97. The fraction of sp³-hybridized carbons (Fsp3) is 0.750. The van der Waals surface area contributed by atoms with Crippen LogP contribution in [0.2, 0.25) is 0 Å². The van der Waals surface area contributed by atoms with Crippen molar-refractivity contribution in [2.24, 2.45) is 7.05 Å². The van der Waals surface area contributed by atoms with Gasteiger partial charge < -0.3 is 14.4 Å². The molecule has 0 spiro atoms. The minimum absolute atomic E-state index is 0.0561.